The number of hydrogen-bond acceptors (Lipinski definition) is 3. The van der Waals surface area contributed by atoms with Gasteiger partial charge in [-0.3, -0.25) is 0 Å². The Morgan fingerprint density at radius 2 is 1.67 bits per heavy atom. The molecule has 24 heavy (non-hydrogen) atoms. The second-order valence-electron chi connectivity index (χ2n) is 5.48. The van der Waals surface area contributed by atoms with E-state index in [9.17, 15) is 8.42 Å². The van der Waals surface area contributed by atoms with Gasteiger partial charge in [-0.05, 0) is 41.1 Å². The highest BCUT2D eigenvalue weighted by atomic mass is 32.2. The van der Waals surface area contributed by atoms with Crippen LogP contribution < -0.4 is 4.72 Å². The number of rotatable bonds is 6. The summed E-state index contributed by atoms with van der Waals surface area (Å²) in [6, 6.07) is 20.2. The minimum atomic E-state index is -3.60. The molecule has 0 aliphatic heterocycles. The first kappa shape index (κ1) is 16.9. The molecule has 0 unspecified atom stereocenters. The summed E-state index contributed by atoms with van der Waals surface area (Å²) in [4.78, 5) is 1.26. The third kappa shape index (κ3) is 3.75. The van der Waals surface area contributed by atoms with Crippen LogP contribution in [0.1, 0.15) is 29.0 Å². The summed E-state index contributed by atoms with van der Waals surface area (Å²) in [6.07, 6.45) is 0.885. The lowest BCUT2D eigenvalue weighted by Crippen LogP contribution is -2.29. The fourth-order valence-corrected chi connectivity index (χ4v) is 4.60. The third-order valence-corrected chi connectivity index (χ3v) is 6.25. The molecule has 0 aliphatic rings. The molecule has 1 atom stereocenters. The summed E-state index contributed by atoms with van der Waals surface area (Å²) in [7, 11) is -3.60. The minimum absolute atomic E-state index is 0.289. The topological polar surface area (TPSA) is 46.2 Å². The first-order valence-corrected chi connectivity index (χ1v) is 10.2. The molecule has 0 aliphatic carbocycles. The van der Waals surface area contributed by atoms with Crippen LogP contribution in [0.15, 0.2) is 77.0 Å². The number of benzene rings is 2. The zero-order valence-electron chi connectivity index (χ0n) is 13.3. The lowest BCUT2D eigenvalue weighted by atomic mass is 10.1. The summed E-state index contributed by atoms with van der Waals surface area (Å²) in [5.74, 6) is 0. The van der Waals surface area contributed by atoms with Crippen LogP contribution in [0.25, 0.3) is 0 Å². The first-order chi connectivity index (χ1) is 11.6. The minimum Gasteiger partial charge on any atom is -0.207 e. The Balaban J connectivity index is 1.94. The molecule has 0 amide bonds. The van der Waals surface area contributed by atoms with Crippen molar-refractivity contribution in [1.29, 1.82) is 0 Å². The molecule has 1 N–H and O–H groups in total. The Hall–Kier alpha value is -1.95. The molecule has 3 rings (SSSR count). The average Bonchev–Trinajstić information content (AvgIpc) is 3.15. The van der Waals surface area contributed by atoms with Crippen LogP contribution in [0.2, 0.25) is 0 Å². The van der Waals surface area contributed by atoms with E-state index in [-0.39, 0.29) is 10.9 Å². The Labute approximate surface area is 147 Å². The summed E-state index contributed by atoms with van der Waals surface area (Å²) >= 11 is 1.54. The van der Waals surface area contributed by atoms with Crippen molar-refractivity contribution in [2.24, 2.45) is 0 Å². The molecular formula is C19H19NO2S2. The molecule has 0 saturated carbocycles. The molecule has 5 heteroatoms. The van der Waals surface area contributed by atoms with Gasteiger partial charge in [0.25, 0.3) is 0 Å². The monoisotopic (exact) mass is 357 g/mol. The van der Waals surface area contributed by atoms with Crippen LogP contribution >= 0.6 is 11.3 Å². The van der Waals surface area contributed by atoms with Crippen LogP contribution in [-0.4, -0.2) is 8.42 Å². The van der Waals surface area contributed by atoms with E-state index in [1.54, 1.807) is 23.5 Å². The standard InChI is InChI=1S/C19H19NO2S2/c1-2-15-10-12-17(13-11-15)24(21,22)20-19(18-9-6-14-23-18)16-7-4-3-5-8-16/h3-14,19-20H,2H2,1H3/t19-/m1/s1. The Kier molecular flexibility index (Phi) is 5.14. The maximum absolute atomic E-state index is 12.8. The number of sulfonamides is 1. The van der Waals surface area contributed by atoms with Gasteiger partial charge in [-0.25, -0.2) is 8.42 Å². The number of aryl methyl sites for hydroxylation is 1. The molecule has 1 aromatic heterocycles. The van der Waals surface area contributed by atoms with Gasteiger partial charge < -0.3 is 0 Å². The van der Waals surface area contributed by atoms with Crippen LogP contribution in [0.4, 0.5) is 0 Å². The predicted molar refractivity (Wildman–Crippen MR) is 98.7 cm³/mol. The van der Waals surface area contributed by atoms with Gasteiger partial charge in [0.05, 0.1) is 10.9 Å². The number of thiophene rings is 1. The van der Waals surface area contributed by atoms with Crippen molar-refractivity contribution in [3.05, 3.63) is 88.1 Å². The van der Waals surface area contributed by atoms with Crippen LogP contribution in [-0.2, 0) is 16.4 Å². The van der Waals surface area contributed by atoms with Crippen molar-refractivity contribution < 1.29 is 8.42 Å². The van der Waals surface area contributed by atoms with Crippen molar-refractivity contribution in [3.63, 3.8) is 0 Å². The molecule has 2 aromatic carbocycles. The van der Waals surface area contributed by atoms with Crippen molar-refractivity contribution in [2.45, 2.75) is 24.3 Å². The molecule has 0 radical (unpaired) electrons. The second-order valence-corrected chi connectivity index (χ2v) is 8.17. The molecule has 0 fully saturated rings. The van der Waals surface area contributed by atoms with E-state index in [0.29, 0.717) is 0 Å². The fraction of sp³-hybridized carbons (Fsp3) is 0.158. The van der Waals surface area contributed by atoms with Gasteiger partial charge in [0, 0.05) is 4.88 Å². The van der Waals surface area contributed by atoms with Crippen LogP contribution in [0.5, 0.6) is 0 Å². The highest BCUT2D eigenvalue weighted by Crippen LogP contribution is 2.28. The second kappa shape index (κ2) is 7.30. The Morgan fingerprint density at radius 1 is 0.958 bits per heavy atom. The van der Waals surface area contributed by atoms with Gasteiger partial charge in [0.15, 0.2) is 0 Å². The highest BCUT2D eigenvalue weighted by Gasteiger charge is 2.23. The summed E-state index contributed by atoms with van der Waals surface area (Å²) in [5, 5.41) is 1.95. The van der Waals surface area contributed by atoms with E-state index in [1.807, 2.05) is 66.9 Å². The van der Waals surface area contributed by atoms with Gasteiger partial charge >= 0.3 is 0 Å². The van der Waals surface area contributed by atoms with E-state index in [0.717, 1.165) is 22.4 Å². The highest BCUT2D eigenvalue weighted by molar-refractivity contribution is 7.89. The van der Waals surface area contributed by atoms with Crippen molar-refractivity contribution in [3.8, 4) is 0 Å². The van der Waals surface area contributed by atoms with Gasteiger partial charge in [-0.15, -0.1) is 11.3 Å². The normalized spacial score (nSPS) is 12.9. The van der Waals surface area contributed by atoms with Gasteiger partial charge in [-0.1, -0.05) is 55.5 Å². The maximum Gasteiger partial charge on any atom is 0.241 e. The van der Waals surface area contributed by atoms with Gasteiger partial charge in [-0.2, -0.15) is 4.72 Å². The van der Waals surface area contributed by atoms with E-state index >= 15 is 0 Å². The predicted octanol–water partition coefficient (Wildman–Crippen LogP) is 4.38. The van der Waals surface area contributed by atoms with E-state index in [1.165, 1.54) is 0 Å². The van der Waals surface area contributed by atoms with Crippen molar-refractivity contribution in [2.75, 3.05) is 0 Å². The Morgan fingerprint density at radius 3 is 2.25 bits per heavy atom. The van der Waals surface area contributed by atoms with Crippen LogP contribution in [0, 0.1) is 0 Å². The molecule has 124 valence electrons. The SMILES string of the molecule is CCc1ccc(S(=O)(=O)N[C@H](c2ccccc2)c2cccs2)cc1. The quantitative estimate of drug-likeness (QED) is 0.712. The number of nitrogens with one attached hydrogen (secondary N) is 1. The molecule has 0 saturated heterocycles. The zero-order chi connectivity index (χ0) is 17.0. The first-order valence-electron chi connectivity index (χ1n) is 7.80. The maximum atomic E-state index is 12.8. The van der Waals surface area contributed by atoms with Crippen molar-refractivity contribution in [1.82, 2.24) is 4.72 Å². The zero-order valence-corrected chi connectivity index (χ0v) is 15.0. The largest absolute Gasteiger partial charge is 0.241 e. The summed E-state index contributed by atoms with van der Waals surface area (Å²) in [5.41, 5.74) is 2.04. The van der Waals surface area contributed by atoms with Crippen LogP contribution in [0.3, 0.4) is 0 Å². The summed E-state index contributed by atoms with van der Waals surface area (Å²) < 4.78 is 28.5. The molecule has 0 spiro atoms. The van der Waals surface area contributed by atoms with E-state index in [2.05, 4.69) is 4.72 Å². The smallest absolute Gasteiger partial charge is 0.207 e. The van der Waals surface area contributed by atoms with E-state index < -0.39 is 10.0 Å². The average molecular weight is 358 g/mol. The molecule has 0 bridgehead atoms. The summed E-state index contributed by atoms with van der Waals surface area (Å²) in [6.45, 7) is 2.05. The number of hydrogen-bond donors (Lipinski definition) is 1. The molecule has 3 nitrogen and oxygen atoms in total. The molecule has 1 heterocycles. The lowest BCUT2D eigenvalue weighted by Gasteiger charge is -2.18. The third-order valence-electron chi connectivity index (χ3n) is 3.88. The lowest BCUT2D eigenvalue weighted by molar-refractivity contribution is 0.573. The molecule has 3 aromatic rings. The molecular weight excluding hydrogens is 338 g/mol. The van der Waals surface area contributed by atoms with Crippen molar-refractivity contribution >= 4 is 21.4 Å². The van der Waals surface area contributed by atoms with Gasteiger partial charge in [0.1, 0.15) is 0 Å². The Bertz CT molecular complexity index is 871. The van der Waals surface area contributed by atoms with E-state index in [4.69, 9.17) is 0 Å². The fourth-order valence-electron chi connectivity index (χ4n) is 2.52. The van der Waals surface area contributed by atoms with Gasteiger partial charge in [0.2, 0.25) is 10.0 Å².